The third kappa shape index (κ3) is 4.01. The van der Waals surface area contributed by atoms with Crippen LogP contribution in [-0.4, -0.2) is 10.2 Å². The first-order valence-corrected chi connectivity index (χ1v) is 12.7. The minimum absolute atomic E-state index is 0.731. The van der Waals surface area contributed by atoms with Gasteiger partial charge in [0.05, 0.1) is 0 Å². The van der Waals surface area contributed by atoms with Gasteiger partial charge in [-0.3, -0.25) is 0 Å². The Balaban J connectivity index is 1.47. The van der Waals surface area contributed by atoms with E-state index in [0.717, 1.165) is 37.3 Å². The second kappa shape index (κ2) is 8.91. The Kier molecular flexibility index (Phi) is 5.68. The Bertz CT molecular complexity index is 1310. The molecule has 0 radical (unpaired) electrons. The molecule has 0 saturated carbocycles. The molecule has 0 aliphatic carbocycles. The summed E-state index contributed by atoms with van der Waals surface area (Å²) in [5.74, 6) is 0. The molecule has 5 rings (SSSR count). The topological polar surface area (TPSA) is 54.9 Å². The maximum absolute atomic E-state index is 14.4. The first-order chi connectivity index (χ1) is 15.7. The predicted octanol–water partition coefficient (Wildman–Crippen LogP) is 5.59. The first kappa shape index (κ1) is 20.4. The molecule has 4 aromatic carbocycles. The van der Waals surface area contributed by atoms with Crippen molar-refractivity contribution in [1.82, 2.24) is 10.2 Å². The van der Waals surface area contributed by atoms with Crippen LogP contribution < -0.4 is 21.2 Å². The lowest BCUT2D eigenvalue weighted by Crippen LogP contribution is -2.24. The van der Waals surface area contributed by atoms with Gasteiger partial charge in [0.1, 0.15) is 5.01 Å². The summed E-state index contributed by atoms with van der Waals surface area (Å²) in [7, 11) is -2.97. The smallest absolute Gasteiger partial charge is 0.210 e. The van der Waals surface area contributed by atoms with E-state index in [1.54, 1.807) is 0 Å². The summed E-state index contributed by atoms with van der Waals surface area (Å²) in [5.41, 5.74) is 1.91. The quantitative estimate of drug-likeness (QED) is 0.341. The van der Waals surface area contributed by atoms with Gasteiger partial charge in [-0.25, -0.2) is 0 Å². The predicted molar refractivity (Wildman–Crippen MR) is 134 cm³/mol. The van der Waals surface area contributed by atoms with Crippen molar-refractivity contribution in [3.05, 3.63) is 115 Å². The molecule has 1 heterocycles. The molecule has 1 N–H and O–H groups in total. The number of anilines is 2. The average molecular weight is 454 g/mol. The normalized spacial score (nSPS) is 11.2. The molecule has 0 aliphatic heterocycles. The molecule has 0 unspecified atom stereocenters. The highest BCUT2D eigenvalue weighted by Crippen LogP contribution is 2.42. The van der Waals surface area contributed by atoms with E-state index in [9.17, 15) is 4.57 Å². The SMILES string of the molecule is O=P(c1ccccc1)(c1ccccc1)c1ccc(-c2nnc(Nc3ccccc3)s2)cc1. The molecule has 0 spiro atoms. The zero-order valence-electron chi connectivity index (χ0n) is 17.1. The Morgan fingerprint density at radius 1 is 0.594 bits per heavy atom. The van der Waals surface area contributed by atoms with Gasteiger partial charge in [-0.15, -0.1) is 10.2 Å². The van der Waals surface area contributed by atoms with E-state index in [2.05, 4.69) is 15.5 Å². The van der Waals surface area contributed by atoms with Gasteiger partial charge in [-0.05, 0) is 12.1 Å². The largest absolute Gasteiger partial charge is 0.330 e. The van der Waals surface area contributed by atoms with Crippen molar-refractivity contribution in [1.29, 1.82) is 0 Å². The fraction of sp³-hybridized carbons (Fsp3) is 0. The maximum Gasteiger partial charge on any atom is 0.210 e. The number of para-hydroxylation sites is 1. The molecule has 0 saturated heterocycles. The van der Waals surface area contributed by atoms with Crippen LogP contribution in [0.4, 0.5) is 10.8 Å². The lowest BCUT2D eigenvalue weighted by atomic mass is 10.2. The van der Waals surface area contributed by atoms with Gasteiger partial charge in [0.15, 0.2) is 7.14 Å². The summed E-state index contributed by atoms with van der Waals surface area (Å²) < 4.78 is 14.4. The highest BCUT2D eigenvalue weighted by molar-refractivity contribution is 7.85. The van der Waals surface area contributed by atoms with Crippen molar-refractivity contribution in [2.24, 2.45) is 0 Å². The number of hydrogen-bond donors (Lipinski definition) is 1. The Labute approximate surface area is 191 Å². The van der Waals surface area contributed by atoms with Gasteiger partial charge >= 0.3 is 0 Å². The Morgan fingerprint density at radius 3 is 1.66 bits per heavy atom. The molecular formula is C26H20N3OPS. The highest BCUT2D eigenvalue weighted by Gasteiger charge is 2.29. The van der Waals surface area contributed by atoms with Crippen LogP contribution in [0, 0.1) is 0 Å². The van der Waals surface area contributed by atoms with Crippen molar-refractivity contribution in [3.8, 4) is 10.6 Å². The lowest BCUT2D eigenvalue weighted by molar-refractivity contribution is 0.592. The van der Waals surface area contributed by atoms with Gasteiger partial charge in [0, 0.05) is 27.2 Å². The van der Waals surface area contributed by atoms with Crippen LogP contribution in [0.2, 0.25) is 0 Å². The van der Waals surface area contributed by atoms with E-state index in [0.29, 0.717) is 0 Å². The van der Waals surface area contributed by atoms with Crippen LogP contribution in [0.15, 0.2) is 115 Å². The fourth-order valence-corrected chi connectivity index (χ4v) is 6.99. The fourth-order valence-electron chi connectivity index (χ4n) is 3.57. The number of aromatic nitrogens is 2. The van der Waals surface area contributed by atoms with Gasteiger partial charge in [-0.1, -0.05) is 114 Å². The van der Waals surface area contributed by atoms with Crippen LogP contribution in [0.3, 0.4) is 0 Å². The molecule has 1 aromatic heterocycles. The number of nitrogens with zero attached hydrogens (tertiary/aromatic N) is 2. The summed E-state index contributed by atoms with van der Waals surface area (Å²) in [5, 5.41) is 15.8. The van der Waals surface area contributed by atoms with E-state index < -0.39 is 7.14 Å². The van der Waals surface area contributed by atoms with Gasteiger partial charge in [0.2, 0.25) is 5.13 Å². The van der Waals surface area contributed by atoms with Crippen LogP contribution in [0.1, 0.15) is 0 Å². The van der Waals surface area contributed by atoms with Gasteiger partial charge < -0.3 is 9.88 Å². The van der Waals surface area contributed by atoms with Crippen molar-refractivity contribution in [3.63, 3.8) is 0 Å². The van der Waals surface area contributed by atoms with Crippen LogP contribution in [0.25, 0.3) is 10.6 Å². The number of hydrogen-bond acceptors (Lipinski definition) is 5. The van der Waals surface area contributed by atoms with E-state index in [4.69, 9.17) is 0 Å². The van der Waals surface area contributed by atoms with Crippen molar-refractivity contribution >= 4 is 45.2 Å². The van der Waals surface area contributed by atoms with Crippen LogP contribution in [0.5, 0.6) is 0 Å². The Hall–Kier alpha value is -3.53. The van der Waals surface area contributed by atoms with Crippen LogP contribution in [-0.2, 0) is 4.57 Å². The lowest BCUT2D eigenvalue weighted by Gasteiger charge is -2.20. The monoisotopic (exact) mass is 453 g/mol. The summed E-state index contributed by atoms with van der Waals surface area (Å²) in [6, 6.07) is 37.1. The second-order valence-corrected chi connectivity index (χ2v) is 11.0. The van der Waals surface area contributed by atoms with Gasteiger partial charge in [-0.2, -0.15) is 0 Å². The molecule has 0 aliphatic rings. The summed E-state index contributed by atoms with van der Waals surface area (Å²) in [6.07, 6.45) is 0. The van der Waals surface area contributed by atoms with E-state index >= 15 is 0 Å². The molecule has 0 fully saturated rings. The van der Waals surface area contributed by atoms with E-state index in [1.165, 1.54) is 11.3 Å². The minimum Gasteiger partial charge on any atom is -0.330 e. The first-order valence-electron chi connectivity index (χ1n) is 10.2. The van der Waals surface area contributed by atoms with Gasteiger partial charge in [0.25, 0.3) is 0 Å². The molecule has 0 atom stereocenters. The van der Waals surface area contributed by atoms with Crippen molar-refractivity contribution in [2.45, 2.75) is 0 Å². The molecule has 32 heavy (non-hydrogen) atoms. The maximum atomic E-state index is 14.4. The molecule has 156 valence electrons. The Morgan fingerprint density at radius 2 is 1.09 bits per heavy atom. The number of nitrogens with one attached hydrogen (secondary N) is 1. The highest BCUT2D eigenvalue weighted by atomic mass is 32.1. The third-order valence-electron chi connectivity index (χ3n) is 5.17. The average Bonchev–Trinajstić information content (AvgIpc) is 3.34. The van der Waals surface area contributed by atoms with E-state index in [-0.39, 0.29) is 0 Å². The van der Waals surface area contributed by atoms with E-state index in [1.807, 2.05) is 115 Å². The zero-order chi connectivity index (χ0) is 21.8. The van der Waals surface area contributed by atoms with Crippen molar-refractivity contribution < 1.29 is 4.57 Å². The summed E-state index contributed by atoms with van der Waals surface area (Å²) in [4.78, 5) is 0. The van der Waals surface area contributed by atoms with Crippen LogP contribution >= 0.6 is 18.5 Å². The number of benzene rings is 4. The molecular weight excluding hydrogens is 433 g/mol. The summed E-state index contributed by atoms with van der Waals surface area (Å²) >= 11 is 1.48. The number of rotatable bonds is 6. The summed E-state index contributed by atoms with van der Waals surface area (Å²) in [6.45, 7) is 0. The minimum atomic E-state index is -2.97. The second-order valence-electron chi connectivity index (χ2n) is 7.23. The molecule has 5 aromatic rings. The van der Waals surface area contributed by atoms with Crippen molar-refractivity contribution in [2.75, 3.05) is 5.32 Å². The molecule has 4 nitrogen and oxygen atoms in total. The molecule has 0 bridgehead atoms. The zero-order valence-corrected chi connectivity index (χ0v) is 18.8. The molecule has 0 amide bonds. The molecule has 6 heteroatoms. The standard InChI is InChI=1S/C26H20N3OPS/c30-31(22-12-6-2-7-13-22,23-14-8-3-9-15-23)24-18-16-20(17-19-24)25-28-29-26(32-25)27-21-10-4-1-5-11-21/h1-19H,(H,27,29). The third-order valence-corrected chi connectivity index (χ3v) is 9.13.